The lowest BCUT2D eigenvalue weighted by atomic mass is 10.1. The van der Waals surface area contributed by atoms with Gasteiger partial charge in [0.15, 0.2) is 5.56 Å². The van der Waals surface area contributed by atoms with Crippen LogP contribution >= 0.6 is 0 Å². The molecule has 0 spiro atoms. The number of carboxylic acids is 1. The standard InChI is InChI=1S/C12H7F2NO3/c1-2-15-7-5-3-4-6(13)8(7)10(16)9(11(15)14)12(17)18/h2-5H,1H2,(H,17,18). The minimum Gasteiger partial charge on any atom is -0.477 e. The van der Waals surface area contributed by atoms with Crippen molar-refractivity contribution < 1.29 is 18.7 Å². The summed E-state index contributed by atoms with van der Waals surface area (Å²) in [5, 5.41) is 8.33. The Kier molecular flexibility index (Phi) is 2.70. The van der Waals surface area contributed by atoms with E-state index in [0.717, 1.165) is 16.8 Å². The van der Waals surface area contributed by atoms with E-state index in [0.29, 0.717) is 0 Å². The van der Waals surface area contributed by atoms with Crippen LogP contribution in [0.1, 0.15) is 10.4 Å². The van der Waals surface area contributed by atoms with Crippen molar-refractivity contribution in [3.63, 3.8) is 0 Å². The summed E-state index contributed by atoms with van der Waals surface area (Å²) in [6.45, 7) is 3.31. The van der Waals surface area contributed by atoms with Gasteiger partial charge in [0.1, 0.15) is 5.82 Å². The van der Waals surface area contributed by atoms with E-state index >= 15 is 0 Å². The smallest absolute Gasteiger partial charge is 0.344 e. The molecule has 1 N–H and O–H groups in total. The van der Waals surface area contributed by atoms with E-state index in [1.165, 1.54) is 12.1 Å². The van der Waals surface area contributed by atoms with Crippen LogP contribution in [0.3, 0.4) is 0 Å². The van der Waals surface area contributed by atoms with Crippen molar-refractivity contribution in [2.24, 2.45) is 0 Å². The Morgan fingerprint density at radius 3 is 2.61 bits per heavy atom. The zero-order chi connectivity index (χ0) is 13.4. The molecule has 2 aromatic rings. The molecule has 0 unspecified atom stereocenters. The third-order valence-corrected chi connectivity index (χ3v) is 2.52. The summed E-state index contributed by atoms with van der Waals surface area (Å²) >= 11 is 0. The molecule has 1 aromatic heterocycles. The SMILES string of the molecule is C=Cn1c(F)c(C(=O)O)c(=O)c2c(F)cccc21. The molecular weight excluding hydrogens is 244 g/mol. The number of carboxylic acid groups (broad SMARTS) is 1. The Balaban J connectivity index is 3.17. The van der Waals surface area contributed by atoms with Crippen molar-refractivity contribution >= 4 is 23.1 Å². The second-order valence-electron chi connectivity index (χ2n) is 3.49. The summed E-state index contributed by atoms with van der Waals surface area (Å²) in [5.74, 6) is -3.94. The maximum absolute atomic E-state index is 13.8. The fraction of sp³-hybridized carbons (Fsp3) is 0. The van der Waals surface area contributed by atoms with Crippen LogP contribution in [0, 0.1) is 11.8 Å². The van der Waals surface area contributed by atoms with Crippen molar-refractivity contribution in [2.45, 2.75) is 0 Å². The van der Waals surface area contributed by atoms with Crippen LogP contribution in [0.5, 0.6) is 0 Å². The highest BCUT2D eigenvalue weighted by atomic mass is 19.1. The highest BCUT2D eigenvalue weighted by Crippen LogP contribution is 2.18. The van der Waals surface area contributed by atoms with Gasteiger partial charge in [-0.25, -0.2) is 9.18 Å². The van der Waals surface area contributed by atoms with Crippen LogP contribution in [-0.4, -0.2) is 15.6 Å². The first-order valence-electron chi connectivity index (χ1n) is 4.87. The first kappa shape index (κ1) is 12.0. The average molecular weight is 251 g/mol. The number of hydrogen-bond acceptors (Lipinski definition) is 2. The molecule has 0 bridgehead atoms. The van der Waals surface area contributed by atoms with Crippen molar-refractivity contribution in [3.8, 4) is 0 Å². The summed E-state index contributed by atoms with van der Waals surface area (Å²) in [6, 6.07) is 3.59. The van der Waals surface area contributed by atoms with Crippen LogP contribution in [0.25, 0.3) is 17.1 Å². The number of rotatable bonds is 2. The lowest BCUT2D eigenvalue weighted by molar-refractivity contribution is 0.0689. The number of hydrogen-bond donors (Lipinski definition) is 1. The van der Waals surface area contributed by atoms with Crippen molar-refractivity contribution in [1.82, 2.24) is 4.57 Å². The minimum absolute atomic E-state index is 0.0718. The van der Waals surface area contributed by atoms with Gasteiger partial charge in [-0.15, -0.1) is 0 Å². The Morgan fingerprint density at radius 1 is 1.39 bits per heavy atom. The summed E-state index contributed by atoms with van der Waals surface area (Å²) in [4.78, 5) is 22.6. The number of halogens is 2. The molecule has 18 heavy (non-hydrogen) atoms. The third kappa shape index (κ3) is 1.50. The predicted octanol–water partition coefficient (Wildman–Crippen LogP) is 2.08. The van der Waals surface area contributed by atoms with Crippen LogP contribution in [0.2, 0.25) is 0 Å². The highest BCUT2D eigenvalue weighted by Gasteiger charge is 2.22. The van der Waals surface area contributed by atoms with Gasteiger partial charge in [-0.1, -0.05) is 12.6 Å². The van der Waals surface area contributed by atoms with Gasteiger partial charge in [0.2, 0.25) is 11.4 Å². The molecule has 0 aliphatic heterocycles. The van der Waals surface area contributed by atoms with Crippen molar-refractivity contribution in [3.05, 3.63) is 52.3 Å². The van der Waals surface area contributed by atoms with E-state index in [4.69, 9.17) is 5.11 Å². The molecule has 0 aliphatic carbocycles. The summed E-state index contributed by atoms with van der Waals surface area (Å²) in [6.07, 6.45) is 0.975. The predicted molar refractivity (Wildman–Crippen MR) is 61.5 cm³/mol. The first-order chi connectivity index (χ1) is 8.49. The van der Waals surface area contributed by atoms with Gasteiger partial charge >= 0.3 is 5.97 Å². The largest absolute Gasteiger partial charge is 0.477 e. The summed E-state index contributed by atoms with van der Waals surface area (Å²) < 4.78 is 28.1. The second-order valence-corrected chi connectivity index (χ2v) is 3.49. The number of fused-ring (bicyclic) bond motifs is 1. The molecule has 0 saturated carbocycles. The normalized spacial score (nSPS) is 10.6. The Labute approximate surface area is 99.4 Å². The zero-order valence-corrected chi connectivity index (χ0v) is 8.98. The molecule has 6 heteroatoms. The van der Waals surface area contributed by atoms with Crippen LogP contribution in [-0.2, 0) is 0 Å². The molecule has 0 saturated heterocycles. The van der Waals surface area contributed by atoms with E-state index in [2.05, 4.69) is 6.58 Å². The van der Waals surface area contributed by atoms with Gasteiger partial charge < -0.3 is 5.11 Å². The monoisotopic (exact) mass is 251 g/mol. The van der Waals surface area contributed by atoms with Gasteiger partial charge in [0, 0.05) is 6.20 Å². The minimum atomic E-state index is -1.75. The second kappa shape index (κ2) is 4.06. The van der Waals surface area contributed by atoms with Gasteiger partial charge in [0.05, 0.1) is 10.9 Å². The van der Waals surface area contributed by atoms with Gasteiger partial charge in [-0.3, -0.25) is 9.36 Å². The molecule has 0 amide bonds. The van der Waals surface area contributed by atoms with Crippen molar-refractivity contribution in [1.29, 1.82) is 0 Å². The lowest BCUT2D eigenvalue weighted by Crippen LogP contribution is -2.22. The Bertz CT molecular complexity index is 734. The highest BCUT2D eigenvalue weighted by molar-refractivity contribution is 5.93. The maximum atomic E-state index is 13.8. The quantitative estimate of drug-likeness (QED) is 0.831. The summed E-state index contributed by atoms with van der Waals surface area (Å²) in [5.41, 5.74) is -2.36. The molecule has 0 aliphatic rings. The van der Waals surface area contributed by atoms with E-state index < -0.39 is 34.1 Å². The van der Waals surface area contributed by atoms with E-state index in [9.17, 15) is 18.4 Å². The van der Waals surface area contributed by atoms with Crippen LogP contribution < -0.4 is 5.43 Å². The Morgan fingerprint density at radius 2 is 2.06 bits per heavy atom. The van der Waals surface area contributed by atoms with Gasteiger partial charge in [0.25, 0.3) is 0 Å². The molecule has 1 heterocycles. The maximum Gasteiger partial charge on any atom is 0.344 e. The lowest BCUT2D eigenvalue weighted by Gasteiger charge is -2.09. The number of aromatic carboxylic acids is 1. The van der Waals surface area contributed by atoms with Crippen molar-refractivity contribution in [2.75, 3.05) is 0 Å². The number of pyridine rings is 1. The molecular formula is C12H7F2NO3. The van der Waals surface area contributed by atoms with Crippen LogP contribution in [0.4, 0.5) is 8.78 Å². The van der Waals surface area contributed by atoms with Gasteiger partial charge in [-0.2, -0.15) is 4.39 Å². The topological polar surface area (TPSA) is 59.3 Å². The van der Waals surface area contributed by atoms with E-state index in [1.54, 1.807) is 0 Å². The molecule has 0 radical (unpaired) electrons. The first-order valence-corrected chi connectivity index (χ1v) is 4.87. The van der Waals surface area contributed by atoms with Crippen LogP contribution in [0.15, 0.2) is 29.6 Å². The molecule has 0 atom stereocenters. The average Bonchev–Trinajstić information content (AvgIpc) is 2.28. The third-order valence-electron chi connectivity index (χ3n) is 2.52. The molecule has 92 valence electrons. The number of carbonyl (C=O) groups is 1. The number of benzene rings is 1. The number of nitrogens with zero attached hydrogens (tertiary/aromatic N) is 1. The Hall–Kier alpha value is -2.50. The fourth-order valence-corrected chi connectivity index (χ4v) is 1.75. The van der Waals surface area contributed by atoms with Gasteiger partial charge in [-0.05, 0) is 12.1 Å². The fourth-order valence-electron chi connectivity index (χ4n) is 1.75. The molecule has 4 nitrogen and oxygen atoms in total. The molecule has 2 rings (SSSR count). The van der Waals surface area contributed by atoms with E-state index in [-0.39, 0.29) is 5.52 Å². The molecule has 1 aromatic carbocycles. The zero-order valence-electron chi connectivity index (χ0n) is 8.98. The summed E-state index contributed by atoms with van der Waals surface area (Å²) in [7, 11) is 0. The number of aromatic nitrogens is 1. The van der Waals surface area contributed by atoms with E-state index in [1.807, 2.05) is 0 Å². The molecule has 0 fully saturated rings.